The molecule has 0 atom stereocenters. The number of aromatic nitrogens is 2. The molecule has 0 saturated heterocycles. The van der Waals surface area contributed by atoms with Gasteiger partial charge in [-0.15, -0.1) is 11.3 Å². The highest BCUT2D eigenvalue weighted by Gasteiger charge is 2.06. The standard InChI is InChI=1S/C9H7N3OS/c13-9(8-5-11-6-14-8)12-7-2-1-3-10-4-7/h1-6H,(H,12,13). The third-order valence-corrected chi connectivity index (χ3v) is 2.35. The SMILES string of the molecule is O=C(Nc1cccnc1)c1cncs1. The van der Waals surface area contributed by atoms with Gasteiger partial charge in [0.2, 0.25) is 0 Å². The molecule has 2 heterocycles. The van der Waals surface area contributed by atoms with Crippen LogP contribution in [-0.4, -0.2) is 15.9 Å². The fourth-order valence-electron chi connectivity index (χ4n) is 0.957. The summed E-state index contributed by atoms with van der Waals surface area (Å²) in [6.45, 7) is 0. The van der Waals surface area contributed by atoms with Gasteiger partial charge >= 0.3 is 0 Å². The normalized spacial score (nSPS) is 9.71. The first-order chi connectivity index (χ1) is 6.86. The minimum Gasteiger partial charge on any atom is -0.320 e. The molecule has 70 valence electrons. The lowest BCUT2D eigenvalue weighted by molar-refractivity contribution is 0.103. The summed E-state index contributed by atoms with van der Waals surface area (Å²) in [6.07, 6.45) is 4.79. The molecule has 2 rings (SSSR count). The Hall–Kier alpha value is -1.75. The number of anilines is 1. The van der Waals surface area contributed by atoms with E-state index in [-0.39, 0.29) is 5.91 Å². The van der Waals surface area contributed by atoms with E-state index in [9.17, 15) is 4.79 Å². The topological polar surface area (TPSA) is 54.9 Å². The summed E-state index contributed by atoms with van der Waals surface area (Å²) < 4.78 is 0. The summed E-state index contributed by atoms with van der Waals surface area (Å²) in [5.41, 5.74) is 2.31. The number of nitrogens with one attached hydrogen (secondary N) is 1. The van der Waals surface area contributed by atoms with Crippen LogP contribution in [-0.2, 0) is 0 Å². The fraction of sp³-hybridized carbons (Fsp3) is 0. The molecule has 0 aliphatic heterocycles. The largest absolute Gasteiger partial charge is 0.320 e. The molecular formula is C9H7N3OS. The van der Waals surface area contributed by atoms with Crippen molar-refractivity contribution in [2.75, 3.05) is 5.32 Å². The number of hydrogen-bond acceptors (Lipinski definition) is 4. The zero-order valence-corrected chi connectivity index (χ0v) is 7.99. The fourth-order valence-corrected chi connectivity index (χ4v) is 1.47. The van der Waals surface area contributed by atoms with E-state index in [1.165, 1.54) is 17.5 Å². The summed E-state index contributed by atoms with van der Waals surface area (Å²) in [6, 6.07) is 3.55. The van der Waals surface area contributed by atoms with Crippen LogP contribution >= 0.6 is 11.3 Å². The molecule has 0 spiro atoms. The Morgan fingerprint density at radius 1 is 1.36 bits per heavy atom. The predicted octanol–water partition coefficient (Wildman–Crippen LogP) is 1.79. The van der Waals surface area contributed by atoms with E-state index in [1.54, 1.807) is 30.0 Å². The average Bonchev–Trinajstić information content (AvgIpc) is 2.72. The third kappa shape index (κ3) is 1.94. The second kappa shape index (κ2) is 3.97. The Balaban J connectivity index is 2.10. The second-order valence-electron chi connectivity index (χ2n) is 2.56. The Morgan fingerprint density at radius 2 is 2.29 bits per heavy atom. The molecule has 0 aromatic carbocycles. The van der Waals surface area contributed by atoms with E-state index >= 15 is 0 Å². The number of rotatable bonds is 2. The van der Waals surface area contributed by atoms with Crippen LogP contribution < -0.4 is 5.32 Å². The molecule has 14 heavy (non-hydrogen) atoms. The molecular weight excluding hydrogens is 198 g/mol. The minimum atomic E-state index is -0.152. The van der Waals surface area contributed by atoms with Gasteiger partial charge in [0.05, 0.1) is 23.6 Å². The van der Waals surface area contributed by atoms with Crippen LogP contribution in [0.25, 0.3) is 0 Å². The minimum absolute atomic E-state index is 0.152. The van der Waals surface area contributed by atoms with Crippen molar-refractivity contribution in [2.24, 2.45) is 0 Å². The van der Waals surface area contributed by atoms with E-state index < -0.39 is 0 Å². The van der Waals surface area contributed by atoms with Gasteiger partial charge in [-0.2, -0.15) is 0 Å². The van der Waals surface area contributed by atoms with Crippen LogP contribution in [0, 0.1) is 0 Å². The first-order valence-electron chi connectivity index (χ1n) is 3.96. The molecule has 0 unspecified atom stereocenters. The maximum atomic E-state index is 11.5. The number of carbonyl (C=O) groups is 1. The van der Waals surface area contributed by atoms with Gasteiger partial charge in [-0.05, 0) is 12.1 Å². The van der Waals surface area contributed by atoms with Gasteiger partial charge < -0.3 is 5.32 Å². The summed E-state index contributed by atoms with van der Waals surface area (Å²) in [7, 11) is 0. The summed E-state index contributed by atoms with van der Waals surface area (Å²) >= 11 is 1.31. The van der Waals surface area contributed by atoms with Gasteiger partial charge in [-0.25, -0.2) is 0 Å². The monoisotopic (exact) mass is 205 g/mol. The molecule has 0 bridgehead atoms. The van der Waals surface area contributed by atoms with E-state index in [4.69, 9.17) is 0 Å². The van der Waals surface area contributed by atoms with Gasteiger partial charge in [-0.1, -0.05) is 0 Å². The Morgan fingerprint density at radius 3 is 2.93 bits per heavy atom. The number of amides is 1. The first kappa shape index (κ1) is 8.83. The van der Waals surface area contributed by atoms with Gasteiger partial charge in [0, 0.05) is 6.20 Å². The molecule has 2 aromatic rings. The van der Waals surface area contributed by atoms with Crippen LogP contribution in [0.2, 0.25) is 0 Å². The number of hydrogen-bond donors (Lipinski definition) is 1. The van der Waals surface area contributed by atoms with Gasteiger partial charge in [0.25, 0.3) is 5.91 Å². The summed E-state index contributed by atoms with van der Waals surface area (Å²) in [4.78, 5) is 19.8. The Kier molecular flexibility index (Phi) is 2.51. The molecule has 2 aromatic heterocycles. The molecule has 4 nitrogen and oxygen atoms in total. The van der Waals surface area contributed by atoms with Crippen LogP contribution in [0.3, 0.4) is 0 Å². The molecule has 1 N–H and O–H groups in total. The van der Waals surface area contributed by atoms with E-state index in [1.807, 2.05) is 0 Å². The number of nitrogens with zero attached hydrogens (tertiary/aromatic N) is 2. The molecule has 0 aliphatic rings. The van der Waals surface area contributed by atoms with E-state index in [2.05, 4.69) is 15.3 Å². The summed E-state index contributed by atoms with van der Waals surface area (Å²) in [5, 5.41) is 2.71. The first-order valence-corrected chi connectivity index (χ1v) is 4.84. The van der Waals surface area contributed by atoms with Gasteiger partial charge in [0.1, 0.15) is 4.88 Å². The van der Waals surface area contributed by atoms with E-state index in [0.29, 0.717) is 10.6 Å². The average molecular weight is 205 g/mol. The lowest BCUT2D eigenvalue weighted by Crippen LogP contribution is -2.09. The maximum absolute atomic E-state index is 11.5. The third-order valence-electron chi connectivity index (χ3n) is 1.58. The van der Waals surface area contributed by atoms with Gasteiger partial charge in [-0.3, -0.25) is 14.8 Å². The molecule has 1 amide bonds. The van der Waals surface area contributed by atoms with Gasteiger partial charge in [0.15, 0.2) is 0 Å². The Labute approximate surface area is 84.6 Å². The quantitative estimate of drug-likeness (QED) is 0.813. The van der Waals surface area contributed by atoms with Crippen LogP contribution in [0.1, 0.15) is 9.67 Å². The smallest absolute Gasteiger partial charge is 0.267 e. The van der Waals surface area contributed by atoms with Crippen molar-refractivity contribution in [3.8, 4) is 0 Å². The Bertz CT molecular complexity index is 413. The molecule has 0 fully saturated rings. The zero-order valence-electron chi connectivity index (χ0n) is 7.18. The lowest BCUT2D eigenvalue weighted by Gasteiger charge is -2.00. The van der Waals surface area contributed by atoms with Crippen molar-refractivity contribution < 1.29 is 4.79 Å². The highest BCUT2D eigenvalue weighted by molar-refractivity contribution is 7.11. The maximum Gasteiger partial charge on any atom is 0.267 e. The lowest BCUT2D eigenvalue weighted by atomic mass is 10.4. The van der Waals surface area contributed by atoms with Crippen molar-refractivity contribution >= 4 is 22.9 Å². The summed E-state index contributed by atoms with van der Waals surface area (Å²) in [5.74, 6) is -0.152. The van der Waals surface area contributed by atoms with Crippen molar-refractivity contribution in [1.82, 2.24) is 9.97 Å². The molecule has 0 saturated carbocycles. The van der Waals surface area contributed by atoms with Crippen LogP contribution in [0.4, 0.5) is 5.69 Å². The molecule has 0 aliphatic carbocycles. The van der Waals surface area contributed by atoms with Crippen LogP contribution in [0.15, 0.2) is 36.2 Å². The van der Waals surface area contributed by atoms with Crippen molar-refractivity contribution in [2.45, 2.75) is 0 Å². The predicted molar refractivity (Wildman–Crippen MR) is 54.3 cm³/mol. The number of carbonyl (C=O) groups excluding carboxylic acids is 1. The zero-order chi connectivity index (χ0) is 9.80. The molecule has 5 heteroatoms. The second-order valence-corrected chi connectivity index (χ2v) is 3.45. The van der Waals surface area contributed by atoms with Crippen molar-refractivity contribution in [3.05, 3.63) is 41.1 Å². The number of pyridine rings is 1. The van der Waals surface area contributed by atoms with Crippen molar-refractivity contribution in [1.29, 1.82) is 0 Å². The highest BCUT2D eigenvalue weighted by Crippen LogP contribution is 2.09. The van der Waals surface area contributed by atoms with E-state index in [0.717, 1.165) is 0 Å². The van der Waals surface area contributed by atoms with Crippen LogP contribution in [0.5, 0.6) is 0 Å². The highest BCUT2D eigenvalue weighted by atomic mass is 32.1. The number of thiazole rings is 1. The molecule has 0 radical (unpaired) electrons. The van der Waals surface area contributed by atoms with Crippen molar-refractivity contribution in [3.63, 3.8) is 0 Å².